The van der Waals surface area contributed by atoms with Crippen LogP contribution in [0.1, 0.15) is 25.3 Å². The molecule has 1 aromatic rings. The number of nitrogens with two attached hydrogens (primary N) is 1. The minimum atomic E-state index is -0.201. The molecule has 16 heavy (non-hydrogen) atoms. The lowest BCUT2D eigenvalue weighted by atomic mass is 9.95. The highest BCUT2D eigenvalue weighted by molar-refractivity contribution is 7.07. The molecule has 0 saturated heterocycles. The summed E-state index contributed by atoms with van der Waals surface area (Å²) in [6.07, 6.45) is 2.84. The Bertz CT molecular complexity index is 359. The molecule has 3 nitrogen and oxygen atoms in total. The summed E-state index contributed by atoms with van der Waals surface area (Å²) in [6.45, 7) is 2.57. The second-order valence-electron chi connectivity index (χ2n) is 4.75. The van der Waals surface area contributed by atoms with E-state index in [0.29, 0.717) is 18.9 Å². The van der Waals surface area contributed by atoms with Crippen molar-refractivity contribution >= 4 is 17.2 Å². The van der Waals surface area contributed by atoms with Crippen molar-refractivity contribution in [3.63, 3.8) is 0 Å². The Morgan fingerprint density at radius 2 is 2.44 bits per heavy atom. The number of amides is 1. The van der Waals surface area contributed by atoms with Gasteiger partial charge in [0, 0.05) is 6.54 Å². The molecule has 0 radical (unpaired) electrons. The molecule has 1 heterocycles. The van der Waals surface area contributed by atoms with Crippen molar-refractivity contribution in [3.8, 4) is 0 Å². The van der Waals surface area contributed by atoms with Crippen molar-refractivity contribution < 1.29 is 4.79 Å². The summed E-state index contributed by atoms with van der Waals surface area (Å²) in [5.74, 6) is 0.655. The zero-order valence-corrected chi connectivity index (χ0v) is 10.3. The van der Waals surface area contributed by atoms with Gasteiger partial charge in [-0.3, -0.25) is 4.79 Å². The zero-order valence-electron chi connectivity index (χ0n) is 9.53. The second-order valence-corrected chi connectivity index (χ2v) is 5.53. The van der Waals surface area contributed by atoms with Crippen LogP contribution < -0.4 is 11.1 Å². The van der Waals surface area contributed by atoms with Crippen molar-refractivity contribution in [2.75, 3.05) is 6.54 Å². The molecule has 1 unspecified atom stereocenters. The number of carbonyl (C=O) groups excluding carboxylic acids is 1. The van der Waals surface area contributed by atoms with Crippen LogP contribution >= 0.6 is 11.3 Å². The van der Waals surface area contributed by atoms with Gasteiger partial charge in [0.25, 0.3) is 0 Å². The third-order valence-electron chi connectivity index (χ3n) is 3.27. The molecular weight excluding hydrogens is 220 g/mol. The van der Waals surface area contributed by atoms with Crippen molar-refractivity contribution in [2.24, 2.45) is 11.7 Å². The van der Waals surface area contributed by atoms with Crippen LogP contribution in [0.15, 0.2) is 16.8 Å². The monoisotopic (exact) mass is 238 g/mol. The van der Waals surface area contributed by atoms with E-state index in [1.54, 1.807) is 11.3 Å². The van der Waals surface area contributed by atoms with Crippen LogP contribution in [0.2, 0.25) is 0 Å². The fourth-order valence-electron chi connectivity index (χ4n) is 1.98. The van der Waals surface area contributed by atoms with Crippen LogP contribution in [0.25, 0.3) is 0 Å². The predicted molar refractivity (Wildman–Crippen MR) is 66.3 cm³/mol. The summed E-state index contributed by atoms with van der Waals surface area (Å²) in [5.41, 5.74) is 6.64. The van der Waals surface area contributed by atoms with Gasteiger partial charge in [0.15, 0.2) is 0 Å². The third-order valence-corrected chi connectivity index (χ3v) is 4.00. The quantitative estimate of drug-likeness (QED) is 0.817. The van der Waals surface area contributed by atoms with Gasteiger partial charge < -0.3 is 11.1 Å². The van der Waals surface area contributed by atoms with Crippen LogP contribution in [0.3, 0.4) is 0 Å². The van der Waals surface area contributed by atoms with Crippen LogP contribution in [0.5, 0.6) is 0 Å². The lowest BCUT2D eigenvalue weighted by molar-refractivity contribution is -0.122. The Labute approximate surface area is 100 Å². The molecule has 0 aromatic carbocycles. The molecule has 3 N–H and O–H groups in total. The van der Waals surface area contributed by atoms with Crippen LogP contribution in [-0.2, 0) is 11.2 Å². The number of hydrogen-bond donors (Lipinski definition) is 2. The largest absolute Gasteiger partial charge is 0.349 e. The number of nitrogens with one attached hydrogen (secondary N) is 1. The van der Waals surface area contributed by atoms with E-state index in [2.05, 4.69) is 12.2 Å². The molecule has 0 bridgehead atoms. The first kappa shape index (κ1) is 11.6. The molecule has 1 amide bonds. The van der Waals surface area contributed by atoms with Gasteiger partial charge in [-0.2, -0.15) is 11.3 Å². The molecule has 2 rings (SSSR count). The third kappa shape index (κ3) is 2.62. The summed E-state index contributed by atoms with van der Waals surface area (Å²) < 4.78 is 0. The Hall–Kier alpha value is -0.870. The van der Waals surface area contributed by atoms with E-state index in [4.69, 9.17) is 5.73 Å². The van der Waals surface area contributed by atoms with Gasteiger partial charge in [0.1, 0.15) is 0 Å². The fraction of sp³-hybridized carbons (Fsp3) is 0.583. The maximum Gasteiger partial charge on any atom is 0.224 e. The Morgan fingerprint density at radius 3 is 2.94 bits per heavy atom. The lowest BCUT2D eigenvalue weighted by Crippen LogP contribution is -2.53. The van der Waals surface area contributed by atoms with Crippen molar-refractivity contribution in [1.82, 2.24) is 5.32 Å². The van der Waals surface area contributed by atoms with Gasteiger partial charge in [-0.1, -0.05) is 0 Å². The molecule has 1 atom stereocenters. The minimum absolute atomic E-state index is 0.0817. The normalized spacial score (nSPS) is 19.1. The van der Waals surface area contributed by atoms with Gasteiger partial charge in [0.05, 0.1) is 12.0 Å². The fourth-order valence-corrected chi connectivity index (χ4v) is 2.65. The van der Waals surface area contributed by atoms with Gasteiger partial charge >= 0.3 is 0 Å². The maximum absolute atomic E-state index is 11.9. The van der Waals surface area contributed by atoms with E-state index in [1.807, 2.05) is 16.8 Å². The summed E-state index contributed by atoms with van der Waals surface area (Å²) >= 11 is 1.62. The predicted octanol–water partition coefficient (Wildman–Crippen LogP) is 1.53. The van der Waals surface area contributed by atoms with Crippen molar-refractivity contribution in [1.29, 1.82) is 0 Å². The SMILES string of the molecule is CC(CN)(NC(=O)Cc1ccsc1)C1CC1. The number of rotatable bonds is 5. The maximum atomic E-state index is 11.9. The summed E-state index contributed by atoms with van der Waals surface area (Å²) in [5, 5.41) is 7.09. The summed E-state index contributed by atoms with van der Waals surface area (Å²) in [4.78, 5) is 11.9. The highest BCUT2D eigenvalue weighted by Gasteiger charge is 2.41. The molecule has 4 heteroatoms. The van der Waals surface area contributed by atoms with Gasteiger partial charge in [0.2, 0.25) is 5.91 Å². The molecule has 1 fully saturated rings. The minimum Gasteiger partial charge on any atom is -0.349 e. The second kappa shape index (κ2) is 4.55. The Morgan fingerprint density at radius 1 is 1.69 bits per heavy atom. The van der Waals surface area contributed by atoms with E-state index >= 15 is 0 Å². The standard InChI is InChI=1S/C12H18N2OS/c1-12(8-13,10-2-3-10)14-11(15)6-9-4-5-16-7-9/h4-5,7,10H,2-3,6,8,13H2,1H3,(H,14,15). The van der Waals surface area contributed by atoms with E-state index < -0.39 is 0 Å². The van der Waals surface area contributed by atoms with Crippen LogP contribution in [-0.4, -0.2) is 18.0 Å². The number of thiophene rings is 1. The van der Waals surface area contributed by atoms with Gasteiger partial charge in [-0.15, -0.1) is 0 Å². The molecule has 0 aliphatic heterocycles. The van der Waals surface area contributed by atoms with Crippen LogP contribution in [0, 0.1) is 5.92 Å². The zero-order chi connectivity index (χ0) is 11.6. The topological polar surface area (TPSA) is 55.1 Å². The molecule has 1 aliphatic rings. The average Bonchev–Trinajstić information content (AvgIpc) is 3.00. The van der Waals surface area contributed by atoms with E-state index in [-0.39, 0.29) is 11.4 Å². The average molecular weight is 238 g/mol. The lowest BCUT2D eigenvalue weighted by Gasteiger charge is -2.29. The summed E-state index contributed by atoms with van der Waals surface area (Å²) in [7, 11) is 0. The molecule has 1 aromatic heterocycles. The molecule has 0 spiro atoms. The van der Waals surface area contributed by atoms with E-state index in [9.17, 15) is 4.79 Å². The number of carbonyl (C=O) groups is 1. The molecule has 1 aliphatic carbocycles. The first-order valence-corrected chi connectivity index (χ1v) is 6.60. The molecule has 1 saturated carbocycles. The highest BCUT2D eigenvalue weighted by Crippen LogP contribution is 2.38. The molecule has 88 valence electrons. The Kier molecular flexibility index (Phi) is 3.30. The van der Waals surface area contributed by atoms with Gasteiger partial charge in [-0.05, 0) is 48.1 Å². The molecular formula is C12H18N2OS. The van der Waals surface area contributed by atoms with Gasteiger partial charge in [-0.25, -0.2) is 0 Å². The van der Waals surface area contributed by atoms with Crippen LogP contribution in [0.4, 0.5) is 0 Å². The van der Waals surface area contributed by atoms with E-state index in [0.717, 1.165) is 5.56 Å². The number of hydrogen-bond acceptors (Lipinski definition) is 3. The Balaban J connectivity index is 1.90. The smallest absolute Gasteiger partial charge is 0.224 e. The highest BCUT2D eigenvalue weighted by atomic mass is 32.1. The summed E-state index contributed by atoms with van der Waals surface area (Å²) in [6, 6.07) is 1.99. The van der Waals surface area contributed by atoms with Crippen molar-refractivity contribution in [3.05, 3.63) is 22.4 Å². The first-order valence-electron chi connectivity index (χ1n) is 5.66. The first-order chi connectivity index (χ1) is 7.64. The van der Waals surface area contributed by atoms with Crippen molar-refractivity contribution in [2.45, 2.75) is 31.7 Å². The van der Waals surface area contributed by atoms with E-state index in [1.165, 1.54) is 12.8 Å².